The standard InChI is InChI=1S/C20H20N4O3/c1-3-12-26-20-22-19-17(23-24-20)13-8-4-6-10-15(13)21-18(27-19)14-9-5-7-11-16(14)25-2/h4-11,18,21H,3,12H2,1-2H3. The van der Waals surface area contributed by atoms with E-state index in [1.54, 1.807) is 7.11 Å². The highest BCUT2D eigenvalue weighted by atomic mass is 16.5. The van der Waals surface area contributed by atoms with E-state index in [1.807, 2.05) is 55.5 Å². The third-order valence-corrected chi connectivity index (χ3v) is 4.19. The summed E-state index contributed by atoms with van der Waals surface area (Å²) < 4.78 is 17.2. The molecule has 1 aliphatic heterocycles. The SMILES string of the molecule is CCCOc1nnc2c(n1)OC(c1ccccc1OC)Nc1ccccc1-2. The topological polar surface area (TPSA) is 78.4 Å². The molecule has 1 aromatic heterocycles. The van der Waals surface area contributed by atoms with E-state index in [4.69, 9.17) is 14.2 Å². The van der Waals surface area contributed by atoms with Gasteiger partial charge in [0.1, 0.15) is 5.75 Å². The number of nitrogens with zero attached hydrogens (tertiary/aromatic N) is 3. The third kappa shape index (κ3) is 3.36. The molecule has 2 heterocycles. The lowest BCUT2D eigenvalue weighted by atomic mass is 10.1. The van der Waals surface area contributed by atoms with Gasteiger partial charge in [-0.05, 0) is 24.6 Å². The van der Waals surface area contributed by atoms with Crippen molar-refractivity contribution in [3.63, 3.8) is 0 Å². The van der Waals surface area contributed by atoms with Crippen LogP contribution in [-0.4, -0.2) is 28.9 Å². The van der Waals surface area contributed by atoms with Crippen LogP contribution in [0.3, 0.4) is 0 Å². The minimum Gasteiger partial charge on any atom is -0.496 e. The Morgan fingerprint density at radius 3 is 2.74 bits per heavy atom. The van der Waals surface area contributed by atoms with Gasteiger partial charge in [-0.2, -0.15) is 4.98 Å². The fraction of sp³-hybridized carbons (Fsp3) is 0.250. The van der Waals surface area contributed by atoms with Crippen LogP contribution in [0.25, 0.3) is 11.3 Å². The zero-order chi connectivity index (χ0) is 18.6. The lowest BCUT2D eigenvalue weighted by molar-refractivity contribution is 0.213. The molecule has 3 aromatic rings. The van der Waals surface area contributed by atoms with Crippen LogP contribution >= 0.6 is 0 Å². The molecular weight excluding hydrogens is 344 g/mol. The number of anilines is 1. The Hall–Kier alpha value is -3.35. The summed E-state index contributed by atoms with van der Waals surface area (Å²) in [5, 5.41) is 11.8. The van der Waals surface area contributed by atoms with Gasteiger partial charge in [-0.15, -0.1) is 5.10 Å². The number of benzene rings is 2. The molecule has 0 fully saturated rings. The molecule has 0 saturated heterocycles. The maximum atomic E-state index is 6.20. The Bertz CT molecular complexity index is 948. The van der Waals surface area contributed by atoms with E-state index in [0.29, 0.717) is 18.2 Å². The van der Waals surface area contributed by atoms with Crippen LogP contribution in [-0.2, 0) is 0 Å². The van der Waals surface area contributed by atoms with E-state index in [-0.39, 0.29) is 6.01 Å². The Balaban J connectivity index is 1.81. The van der Waals surface area contributed by atoms with Crippen molar-refractivity contribution in [2.24, 2.45) is 0 Å². The van der Waals surface area contributed by atoms with Gasteiger partial charge in [-0.1, -0.05) is 42.4 Å². The van der Waals surface area contributed by atoms with Crippen molar-refractivity contribution in [1.82, 2.24) is 15.2 Å². The molecule has 0 amide bonds. The van der Waals surface area contributed by atoms with Gasteiger partial charge in [-0.25, -0.2) is 0 Å². The second-order valence-electron chi connectivity index (χ2n) is 6.03. The molecule has 0 spiro atoms. The molecule has 138 valence electrons. The number of para-hydroxylation sites is 2. The first kappa shape index (κ1) is 17.1. The fourth-order valence-electron chi connectivity index (χ4n) is 2.93. The third-order valence-electron chi connectivity index (χ3n) is 4.19. The van der Waals surface area contributed by atoms with E-state index >= 15 is 0 Å². The normalized spacial score (nSPS) is 14.8. The van der Waals surface area contributed by atoms with Gasteiger partial charge >= 0.3 is 6.01 Å². The zero-order valence-corrected chi connectivity index (χ0v) is 15.2. The molecule has 7 heteroatoms. The summed E-state index contributed by atoms with van der Waals surface area (Å²) in [6, 6.07) is 15.7. The second-order valence-corrected chi connectivity index (χ2v) is 6.03. The quantitative estimate of drug-likeness (QED) is 0.737. The van der Waals surface area contributed by atoms with Crippen molar-refractivity contribution in [3.8, 4) is 28.9 Å². The Morgan fingerprint density at radius 2 is 1.89 bits per heavy atom. The Morgan fingerprint density at radius 1 is 1.07 bits per heavy atom. The summed E-state index contributed by atoms with van der Waals surface area (Å²) >= 11 is 0. The van der Waals surface area contributed by atoms with Crippen molar-refractivity contribution >= 4 is 5.69 Å². The molecule has 1 N–H and O–H groups in total. The number of aromatic nitrogens is 3. The molecule has 0 aliphatic carbocycles. The second kappa shape index (κ2) is 7.49. The Kier molecular flexibility index (Phi) is 4.74. The number of nitrogens with one attached hydrogen (secondary N) is 1. The maximum absolute atomic E-state index is 6.20. The minimum absolute atomic E-state index is 0.203. The molecule has 0 radical (unpaired) electrons. The van der Waals surface area contributed by atoms with Crippen molar-refractivity contribution in [1.29, 1.82) is 0 Å². The van der Waals surface area contributed by atoms with Gasteiger partial charge in [0.25, 0.3) is 0 Å². The summed E-state index contributed by atoms with van der Waals surface area (Å²) in [5.41, 5.74) is 3.18. The average Bonchev–Trinajstić information content (AvgIpc) is 2.88. The molecule has 7 nitrogen and oxygen atoms in total. The number of ether oxygens (including phenoxy) is 3. The summed E-state index contributed by atoms with van der Waals surface area (Å²) in [5.74, 6) is 1.09. The van der Waals surface area contributed by atoms with Crippen LogP contribution in [0.5, 0.6) is 17.6 Å². The van der Waals surface area contributed by atoms with Gasteiger partial charge in [0, 0.05) is 11.3 Å². The number of hydrogen-bond donors (Lipinski definition) is 1. The van der Waals surface area contributed by atoms with E-state index in [0.717, 1.165) is 29.0 Å². The van der Waals surface area contributed by atoms with E-state index < -0.39 is 6.23 Å². The van der Waals surface area contributed by atoms with Crippen molar-refractivity contribution in [3.05, 3.63) is 54.1 Å². The van der Waals surface area contributed by atoms with Crippen LogP contribution in [0.1, 0.15) is 25.1 Å². The highest BCUT2D eigenvalue weighted by Crippen LogP contribution is 2.40. The summed E-state index contributed by atoms with van der Waals surface area (Å²) in [6.45, 7) is 2.54. The predicted molar refractivity (Wildman–Crippen MR) is 101 cm³/mol. The summed E-state index contributed by atoms with van der Waals surface area (Å²) in [6.07, 6.45) is 0.356. The monoisotopic (exact) mass is 364 g/mol. The molecule has 2 aromatic carbocycles. The van der Waals surface area contributed by atoms with E-state index in [9.17, 15) is 0 Å². The zero-order valence-electron chi connectivity index (χ0n) is 15.2. The van der Waals surface area contributed by atoms with Gasteiger partial charge in [0.05, 0.1) is 19.3 Å². The number of methoxy groups -OCH3 is 1. The molecule has 0 saturated carbocycles. The number of rotatable bonds is 5. The molecule has 1 aliphatic rings. The van der Waals surface area contributed by atoms with Crippen LogP contribution < -0.4 is 19.5 Å². The Labute approximate surface area is 157 Å². The van der Waals surface area contributed by atoms with Crippen LogP contribution in [0.4, 0.5) is 5.69 Å². The van der Waals surface area contributed by atoms with Gasteiger partial charge < -0.3 is 19.5 Å². The van der Waals surface area contributed by atoms with Crippen LogP contribution in [0.15, 0.2) is 48.5 Å². The largest absolute Gasteiger partial charge is 0.496 e. The van der Waals surface area contributed by atoms with Gasteiger partial charge in [0.2, 0.25) is 12.1 Å². The molecule has 27 heavy (non-hydrogen) atoms. The molecule has 4 rings (SSSR count). The maximum Gasteiger partial charge on any atom is 0.339 e. The first-order valence-corrected chi connectivity index (χ1v) is 8.83. The summed E-state index contributed by atoms with van der Waals surface area (Å²) in [7, 11) is 1.64. The van der Waals surface area contributed by atoms with Crippen molar-refractivity contribution < 1.29 is 14.2 Å². The molecular formula is C20H20N4O3. The lowest BCUT2D eigenvalue weighted by Crippen LogP contribution is -2.18. The number of hydrogen-bond acceptors (Lipinski definition) is 7. The number of fused-ring (bicyclic) bond motifs is 3. The van der Waals surface area contributed by atoms with Crippen molar-refractivity contribution in [2.75, 3.05) is 19.0 Å². The summed E-state index contributed by atoms with van der Waals surface area (Å²) in [4.78, 5) is 4.44. The molecule has 0 bridgehead atoms. The van der Waals surface area contributed by atoms with Crippen molar-refractivity contribution in [2.45, 2.75) is 19.6 Å². The molecule has 1 unspecified atom stereocenters. The first-order valence-electron chi connectivity index (χ1n) is 8.83. The highest BCUT2D eigenvalue weighted by molar-refractivity contribution is 5.79. The van der Waals surface area contributed by atoms with E-state index in [1.165, 1.54) is 0 Å². The van der Waals surface area contributed by atoms with Gasteiger partial charge in [0.15, 0.2) is 5.69 Å². The van der Waals surface area contributed by atoms with E-state index in [2.05, 4.69) is 20.5 Å². The smallest absolute Gasteiger partial charge is 0.339 e. The highest BCUT2D eigenvalue weighted by Gasteiger charge is 2.27. The molecule has 1 atom stereocenters. The van der Waals surface area contributed by atoms with Crippen LogP contribution in [0, 0.1) is 0 Å². The average molecular weight is 364 g/mol. The van der Waals surface area contributed by atoms with Gasteiger partial charge in [-0.3, -0.25) is 0 Å². The first-order chi connectivity index (χ1) is 13.3. The van der Waals surface area contributed by atoms with Crippen LogP contribution in [0.2, 0.25) is 0 Å². The fourth-order valence-corrected chi connectivity index (χ4v) is 2.93. The predicted octanol–water partition coefficient (Wildman–Crippen LogP) is 3.84. The minimum atomic E-state index is -0.501. The lowest BCUT2D eigenvalue weighted by Gasteiger charge is -2.21.